The Labute approximate surface area is 240 Å². The summed E-state index contributed by atoms with van der Waals surface area (Å²) >= 11 is 0. The van der Waals surface area contributed by atoms with E-state index in [1.807, 2.05) is 18.7 Å². The summed E-state index contributed by atoms with van der Waals surface area (Å²) in [4.78, 5) is 34.5. The van der Waals surface area contributed by atoms with Crippen molar-refractivity contribution in [2.45, 2.75) is 45.1 Å². The number of non-ortho nitro benzene ring substituents is 1. The van der Waals surface area contributed by atoms with Crippen molar-refractivity contribution >= 4 is 55.9 Å². The van der Waals surface area contributed by atoms with Crippen LogP contribution >= 0.6 is 0 Å². The molecule has 1 atom stereocenters. The first kappa shape index (κ1) is 31.5. The highest BCUT2D eigenvalue weighted by Crippen LogP contribution is 2.47. The molecule has 0 bridgehead atoms. The minimum absolute atomic E-state index is 0.0684. The lowest BCUT2D eigenvalue weighted by atomic mass is 10.0. The van der Waals surface area contributed by atoms with Crippen molar-refractivity contribution < 1.29 is 31.7 Å². The third kappa shape index (κ3) is 6.83. The molecule has 0 saturated heterocycles. The first-order valence-corrected chi connectivity index (χ1v) is 13.8. The van der Waals surface area contributed by atoms with Crippen LogP contribution in [-0.2, 0) is 15.0 Å². The molecule has 3 rings (SSSR count). The first-order chi connectivity index (χ1) is 19.7. The van der Waals surface area contributed by atoms with Crippen molar-refractivity contribution in [2.75, 3.05) is 17.3 Å². The number of rotatable bonds is 11. The van der Waals surface area contributed by atoms with Crippen LogP contribution < -0.4 is 15.0 Å². The molecule has 0 aromatic heterocycles. The third-order valence-electron chi connectivity index (χ3n) is 6.31. The lowest BCUT2D eigenvalue weighted by molar-refractivity contribution is -0.393. The molecule has 0 heterocycles. The van der Waals surface area contributed by atoms with Crippen LogP contribution in [0.4, 0.5) is 43.7 Å². The number of carbonyl (C=O) groups excluding carboxylic acids is 1. The molecule has 3 aromatic carbocycles. The van der Waals surface area contributed by atoms with Crippen LogP contribution in [0.2, 0.25) is 0 Å². The van der Waals surface area contributed by atoms with Crippen LogP contribution in [0, 0.1) is 27.2 Å². The summed E-state index contributed by atoms with van der Waals surface area (Å²) in [5.41, 5.74) is 0.305. The van der Waals surface area contributed by atoms with E-state index in [4.69, 9.17) is 4.74 Å². The Kier molecular flexibility index (Phi) is 9.52. The van der Waals surface area contributed by atoms with Gasteiger partial charge in [0, 0.05) is 36.3 Å². The number of nitrogens with one attached hydrogen (secondary N) is 1. The number of carbonyl (C=O) groups is 1. The standard InChI is InChI=1S/C26H27FN6O8S/c1-6-15(2)31(18-7-10-20(11-8-18)42(27,39)40)26-16(3)25(28-17(4)34)22(14-24(26)41-5)30-29-21-12-9-19(32(35)36)13-23(21)33(37)38/h7-15H,6H2,1-5H3,(H,28,34). The molecule has 16 heteroatoms. The van der Waals surface area contributed by atoms with Gasteiger partial charge in [-0.2, -0.15) is 8.42 Å². The lowest BCUT2D eigenvalue weighted by Crippen LogP contribution is -2.29. The Morgan fingerprint density at radius 1 is 1.07 bits per heavy atom. The Balaban J connectivity index is 2.25. The summed E-state index contributed by atoms with van der Waals surface area (Å²) in [5.74, 6) is -0.198. The number of azo groups is 1. The fraction of sp³-hybridized carbons (Fsp3) is 0.269. The number of ether oxygens (including phenoxy) is 1. The molecular formula is C26H27FN6O8S. The molecule has 3 aromatic rings. The van der Waals surface area contributed by atoms with Gasteiger partial charge in [-0.3, -0.25) is 25.0 Å². The Morgan fingerprint density at radius 3 is 2.19 bits per heavy atom. The maximum absolute atomic E-state index is 13.5. The second-order valence-corrected chi connectivity index (χ2v) is 10.4. The van der Waals surface area contributed by atoms with Crippen molar-refractivity contribution in [1.29, 1.82) is 0 Å². The van der Waals surface area contributed by atoms with Gasteiger partial charge in [-0.05, 0) is 50.6 Å². The van der Waals surface area contributed by atoms with E-state index in [1.165, 1.54) is 32.2 Å². The Hall–Kier alpha value is -4.99. The summed E-state index contributed by atoms with van der Waals surface area (Å²) < 4.78 is 41.9. The number of nitro groups is 2. The zero-order chi connectivity index (χ0) is 31.4. The van der Waals surface area contributed by atoms with Gasteiger partial charge < -0.3 is 15.0 Å². The monoisotopic (exact) mass is 602 g/mol. The number of nitro benzene ring substituents is 2. The predicted molar refractivity (Wildman–Crippen MR) is 153 cm³/mol. The predicted octanol–water partition coefficient (Wildman–Crippen LogP) is 6.79. The molecule has 1 unspecified atom stereocenters. The van der Waals surface area contributed by atoms with Crippen molar-refractivity contribution in [3.63, 3.8) is 0 Å². The Morgan fingerprint density at radius 2 is 1.69 bits per heavy atom. The summed E-state index contributed by atoms with van der Waals surface area (Å²) in [6, 6.07) is 9.30. The number of amides is 1. The van der Waals surface area contributed by atoms with Gasteiger partial charge in [0.2, 0.25) is 5.91 Å². The fourth-order valence-corrected chi connectivity index (χ4v) is 4.61. The van der Waals surface area contributed by atoms with Gasteiger partial charge in [0.1, 0.15) is 11.4 Å². The summed E-state index contributed by atoms with van der Waals surface area (Å²) in [7, 11) is -3.52. The van der Waals surface area contributed by atoms with Crippen LogP contribution in [0.15, 0.2) is 63.7 Å². The molecule has 42 heavy (non-hydrogen) atoms. The highest BCUT2D eigenvalue weighted by atomic mass is 32.3. The van der Waals surface area contributed by atoms with E-state index in [9.17, 15) is 37.3 Å². The molecule has 0 aliphatic rings. The number of hydrogen-bond donors (Lipinski definition) is 1. The maximum Gasteiger partial charge on any atom is 0.332 e. The van der Waals surface area contributed by atoms with Crippen LogP contribution in [-0.4, -0.2) is 37.3 Å². The molecular weight excluding hydrogens is 575 g/mol. The minimum Gasteiger partial charge on any atom is -0.494 e. The van der Waals surface area contributed by atoms with E-state index >= 15 is 0 Å². The topological polar surface area (TPSA) is 187 Å². The van der Waals surface area contributed by atoms with E-state index in [1.54, 1.807) is 6.92 Å². The second-order valence-electron chi connectivity index (χ2n) is 9.07. The third-order valence-corrected chi connectivity index (χ3v) is 7.14. The number of hydrogen-bond acceptors (Lipinski definition) is 11. The molecule has 222 valence electrons. The molecule has 0 aliphatic carbocycles. The largest absolute Gasteiger partial charge is 0.494 e. The van der Waals surface area contributed by atoms with Gasteiger partial charge in [-0.25, -0.2) is 0 Å². The molecule has 1 amide bonds. The SMILES string of the molecule is CCC(C)N(c1ccc(S(=O)(=O)F)cc1)c1c(OC)cc(N=Nc2ccc([N+](=O)[O-])cc2[N+](=O)[O-])c(NC(C)=O)c1C. The fourth-order valence-electron chi connectivity index (χ4n) is 4.15. The highest BCUT2D eigenvalue weighted by molar-refractivity contribution is 7.86. The molecule has 1 N–H and O–H groups in total. The summed E-state index contributed by atoms with van der Waals surface area (Å²) in [5, 5.41) is 33.4. The normalized spacial score (nSPS) is 12.1. The van der Waals surface area contributed by atoms with Gasteiger partial charge in [-0.15, -0.1) is 14.1 Å². The zero-order valence-electron chi connectivity index (χ0n) is 23.2. The number of anilines is 3. The van der Waals surface area contributed by atoms with Gasteiger partial charge >= 0.3 is 15.9 Å². The smallest absolute Gasteiger partial charge is 0.332 e. The average Bonchev–Trinajstić information content (AvgIpc) is 2.93. The molecule has 0 fully saturated rings. The summed E-state index contributed by atoms with van der Waals surface area (Å²) in [6.45, 7) is 6.77. The van der Waals surface area contributed by atoms with E-state index < -0.39 is 42.2 Å². The quantitative estimate of drug-likeness (QED) is 0.107. The highest BCUT2D eigenvalue weighted by Gasteiger charge is 2.27. The van der Waals surface area contributed by atoms with Crippen LogP contribution in [0.25, 0.3) is 0 Å². The number of nitrogens with zero attached hydrogens (tertiary/aromatic N) is 5. The van der Waals surface area contributed by atoms with E-state index in [0.717, 1.165) is 30.3 Å². The molecule has 14 nitrogen and oxygen atoms in total. The van der Waals surface area contributed by atoms with Crippen LogP contribution in [0.1, 0.15) is 32.8 Å². The minimum atomic E-state index is -4.92. The molecule has 0 aliphatic heterocycles. The van der Waals surface area contributed by atoms with Gasteiger partial charge in [0.25, 0.3) is 5.69 Å². The maximum atomic E-state index is 13.5. The Bertz CT molecular complexity index is 1680. The van der Waals surface area contributed by atoms with E-state index in [0.29, 0.717) is 23.4 Å². The number of halogens is 1. The lowest BCUT2D eigenvalue weighted by Gasteiger charge is -2.34. The zero-order valence-corrected chi connectivity index (χ0v) is 24.0. The van der Waals surface area contributed by atoms with E-state index in [2.05, 4.69) is 15.5 Å². The molecule has 0 radical (unpaired) electrons. The van der Waals surface area contributed by atoms with E-state index in [-0.39, 0.29) is 28.9 Å². The van der Waals surface area contributed by atoms with Gasteiger partial charge in [0.05, 0.1) is 39.3 Å². The molecule has 0 saturated carbocycles. The van der Waals surface area contributed by atoms with Crippen LogP contribution in [0.3, 0.4) is 0 Å². The number of methoxy groups -OCH3 is 1. The molecule has 0 spiro atoms. The van der Waals surface area contributed by atoms with Crippen molar-refractivity contribution in [3.05, 3.63) is 74.3 Å². The van der Waals surface area contributed by atoms with Gasteiger partial charge in [0.15, 0.2) is 5.69 Å². The average molecular weight is 603 g/mol. The summed E-state index contributed by atoms with van der Waals surface area (Å²) in [6.07, 6.45) is 0.618. The first-order valence-electron chi connectivity index (χ1n) is 12.4. The van der Waals surface area contributed by atoms with Gasteiger partial charge in [-0.1, -0.05) is 6.92 Å². The second kappa shape index (κ2) is 12.7. The van der Waals surface area contributed by atoms with Crippen molar-refractivity contribution in [3.8, 4) is 5.75 Å². The van der Waals surface area contributed by atoms with Crippen molar-refractivity contribution in [1.82, 2.24) is 0 Å². The van der Waals surface area contributed by atoms with Crippen molar-refractivity contribution in [2.24, 2.45) is 10.2 Å². The number of benzene rings is 3. The van der Waals surface area contributed by atoms with Crippen LogP contribution in [0.5, 0.6) is 5.75 Å².